The van der Waals surface area contributed by atoms with Crippen LogP contribution in [-0.4, -0.2) is 50.1 Å². The minimum absolute atomic E-state index is 0.0420. The summed E-state index contributed by atoms with van der Waals surface area (Å²) in [4.78, 5) is 12.9. The maximum Gasteiger partial charge on any atom is 0.216 e. The first-order chi connectivity index (χ1) is 7.54. The summed E-state index contributed by atoms with van der Waals surface area (Å²) < 4.78 is 0. The lowest BCUT2D eigenvalue weighted by molar-refractivity contribution is -0.118. The molecule has 0 aromatic rings. The van der Waals surface area contributed by atoms with Gasteiger partial charge in [-0.1, -0.05) is 0 Å². The van der Waals surface area contributed by atoms with Crippen LogP contribution in [0, 0.1) is 0 Å². The molecule has 0 unspecified atom stereocenters. The maximum atomic E-state index is 10.6. The Kier molecular flexibility index (Phi) is 9.24. The van der Waals surface area contributed by atoms with Gasteiger partial charge in [0.25, 0.3) is 0 Å². The molecule has 0 rings (SSSR count). The molecule has 4 heteroatoms. The van der Waals surface area contributed by atoms with Gasteiger partial charge in [-0.15, -0.1) is 0 Å². The molecule has 0 bridgehead atoms. The fourth-order valence-electron chi connectivity index (χ4n) is 1.32. The SMILES string of the molecule is CC(=O)NCCNCCCCN(C)C(C)C. The van der Waals surface area contributed by atoms with Crippen LogP contribution < -0.4 is 10.6 Å². The average Bonchev–Trinajstić information content (AvgIpc) is 2.21. The summed E-state index contributed by atoms with van der Waals surface area (Å²) in [5, 5.41) is 6.07. The molecule has 0 aliphatic rings. The van der Waals surface area contributed by atoms with Gasteiger partial charge < -0.3 is 15.5 Å². The number of carbonyl (C=O) groups is 1. The average molecular weight is 229 g/mol. The zero-order chi connectivity index (χ0) is 12.4. The van der Waals surface area contributed by atoms with E-state index in [0.717, 1.165) is 26.2 Å². The Hall–Kier alpha value is -0.610. The third kappa shape index (κ3) is 9.93. The predicted octanol–water partition coefficient (Wildman–Crippen LogP) is 0.833. The highest BCUT2D eigenvalue weighted by Crippen LogP contribution is 1.96. The van der Waals surface area contributed by atoms with E-state index in [1.807, 2.05) is 0 Å². The van der Waals surface area contributed by atoms with Gasteiger partial charge in [-0.25, -0.2) is 0 Å². The summed E-state index contributed by atoms with van der Waals surface area (Å²) >= 11 is 0. The van der Waals surface area contributed by atoms with Crippen LogP contribution in [0.1, 0.15) is 33.6 Å². The quantitative estimate of drug-likeness (QED) is 0.576. The molecular formula is C12H27N3O. The van der Waals surface area contributed by atoms with Gasteiger partial charge in [-0.05, 0) is 46.8 Å². The number of unbranched alkanes of at least 4 members (excludes halogenated alkanes) is 1. The van der Waals surface area contributed by atoms with Crippen molar-refractivity contribution in [3.05, 3.63) is 0 Å². The van der Waals surface area contributed by atoms with Crippen LogP contribution >= 0.6 is 0 Å². The van der Waals surface area contributed by atoms with Crippen molar-refractivity contribution in [2.45, 2.75) is 39.7 Å². The van der Waals surface area contributed by atoms with Gasteiger partial charge in [0.1, 0.15) is 0 Å². The van der Waals surface area contributed by atoms with Crippen LogP contribution in [0.25, 0.3) is 0 Å². The summed E-state index contributed by atoms with van der Waals surface area (Å²) in [5.41, 5.74) is 0. The Morgan fingerprint density at radius 2 is 1.88 bits per heavy atom. The van der Waals surface area contributed by atoms with Crippen molar-refractivity contribution in [1.82, 2.24) is 15.5 Å². The van der Waals surface area contributed by atoms with Crippen molar-refractivity contribution >= 4 is 5.91 Å². The fourth-order valence-corrected chi connectivity index (χ4v) is 1.32. The van der Waals surface area contributed by atoms with Gasteiger partial charge in [0.2, 0.25) is 5.91 Å². The van der Waals surface area contributed by atoms with Gasteiger partial charge >= 0.3 is 0 Å². The van der Waals surface area contributed by atoms with E-state index in [-0.39, 0.29) is 5.91 Å². The number of amides is 1. The van der Waals surface area contributed by atoms with E-state index in [9.17, 15) is 4.79 Å². The number of carbonyl (C=O) groups excluding carboxylic acids is 1. The second kappa shape index (κ2) is 9.60. The van der Waals surface area contributed by atoms with Gasteiger partial charge in [0.15, 0.2) is 0 Å². The largest absolute Gasteiger partial charge is 0.355 e. The molecule has 0 fully saturated rings. The molecule has 0 atom stereocenters. The Morgan fingerprint density at radius 3 is 2.44 bits per heavy atom. The molecule has 0 saturated carbocycles. The van der Waals surface area contributed by atoms with Crippen molar-refractivity contribution in [1.29, 1.82) is 0 Å². The molecule has 0 spiro atoms. The highest BCUT2D eigenvalue weighted by Gasteiger charge is 2.01. The van der Waals surface area contributed by atoms with Crippen molar-refractivity contribution < 1.29 is 4.79 Å². The van der Waals surface area contributed by atoms with Crippen molar-refractivity contribution in [2.75, 3.05) is 33.2 Å². The second-order valence-corrected chi connectivity index (χ2v) is 4.51. The van der Waals surface area contributed by atoms with Gasteiger partial charge in [0.05, 0.1) is 0 Å². The predicted molar refractivity (Wildman–Crippen MR) is 68.6 cm³/mol. The Labute approximate surface area is 99.8 Å². The zero-order valence-electron chi connectivity index (χ0n) is 11.2. The van der Waals surface area contributed by atoms with Crippen LogP contribution in [0.15, 0.2) is 0 Å². The molecule has 0 aromatic heterocycles. The molecular weight excluding hydrogens is 202 g/mol. The van der Waals surface area contributed by atoms with Crippen molar-refractivity contribution in [3.8, 4) is 0 Å². The lowest BCUT2D eigenvalue weighted by Gasteiger charge is -2.20. The first-order valence-corrected chi connectivity index (χ1v) is 6.19. The molecule has 96 valence electrons. The van der Waals surface area contributed by atoms with Gasteiger partial charge in [-0.3, -0.25) is 4.79 Å². The van der Waals surface area contributed by atoms with Crippen LogP contribution in [0.4, 0.5) is 0 Å². The standard InChI is InChI=1S/C12H27N3O/c1-11(2)15(4)10-6-5-7-13-8-9-14-12(3)16/h11,13H,5-10H2,1-4H3,(H,14,16). The Morgan fingerprint density at radius 1 is 1.19 bits per heavy atom. The molecule has 0 saturated heterocycles. The molecule has 0 heterocycles. The molecule has 0 aliphatic carbocycles. The van der Waals surface area contributed by atoms with Gasteiger partial charge in [-0.2, -0.15) is 0 Å². The smallest absolute Gasteiger partial charge is 0.216 e. The summed E-state index contributed by atoms with van der Waals surface area (Å²) in [5.74, 6) is 0.0420. The maximum absolute atomic E-state index is 10.6. The number of hydrogen-bond donors (Lipinski definition) is 2. The summed E-state index contributed by atoms with van der Waals surface area (Å²) in [6.07, 6.45) is 2.42. The van der Waals surface area contributed by atoms with E-state index in [0.29, 0.717) is 6.04 Å². The Balaban J connectivity index is 3.13. The van der Waals surface area contributed by atoms with Crippen molar-refractivity contribution in [2.24, 2.45) is 0 Å². The fraction of sp³-hybridized carbons (Fsp3) is 0.917. The highest BCUT2D eigenvalue weighted by molar-refractivity contribution is 5.72. The minimum Gasteiger partial charge on any atom is -0.355 e. The van der Waals surface area contributed by atoms with Crippen LogP contribution in [0.2, 0.25) is 0 Å². The van der Waals surface area contributed by atoms with E-state index in [2.05, 4.69) is 36.4 Å². The van der Waals surface area contributed by atoms with E-state index >= 15 is 0 Å². The first kappa shape index (κ1) is 15.4. The van der Waals surface area contributed by atoms with E-state index in [4.69, 9.17) is 0 Å². The lowest BCUT2D eigenvalue weighted by Crippen LogP contribution is -2.31. The van der Waals surface area contributed by atoms with E-state index in [1.165, 1.54) is 12.8 Å². The number of hydrogen-bond acceptors (Lipinski definition) is 3. The monoisotopic (exact) mass is 229 g/mol. The molecule has 0 radical (unpaired) electrons. The van der Waals surface area contributed by atoms with E-state index in [1.54, 1.807) is 6.92 Å². The number of rotatable bonds is 9. The highest BCUT2D eigenvalue weighted by atomic mass is 16.1. The molecule has 0 aliphatic heterocycles. The topological polar surface area (TPSA) is 44.4 Å². The number of nitrogens with one attached hydrogen (secondary N) is 2. The lowest BCUT2D eigenvalue weighted by atomic mass is 10.2. The molecule has 16 heavy (non-hydrogen) atoms. The molecule has 2 N–H and O–H groups in total. The van der Waals surface area contributed by atoms with Crippen LogP contribution in [-0.2, 0) is 4.79 Å². The third-order valence-electron chi connectivity index (χ3n) is 2.67. The van der Waals surface area contributed by atoms with E-state index < -0.39 is 0 Å². The molecule has 1 amide bonds. The van der Waals surface area contributed by atoms with Crippen LogP contribution in [0.3, 0.4) is 0 Å². The summed E-state index contributed by atoms with van der Waals surface area (Å²) in [7, 11) is 2.16. The normalized spacial score (nSPS) is 11.1. The summed E-state index contributed by atoms with van der Waals surface area (Å²) in [6, 6.07) is 0.632. The summed E-state index contributed by atoms with van der Waals surface area (Å²) in [6.45, 7) is 9.75. The zero-order valence-corrected chi connectivity index (χ0v) is 11.2. The first-order valence-electron chi connectivity index (χ1n) is 6.19. The van der Waals surface area contributed by atoms with Gasteiger partial charge in [0, 0.05) is 26.1 Å². The Bertz CT molecular complexity index is 183. The second-order valence-electron chi connectivity index (χ2n) is 4.51. The van der Waals surface area contributed by atoms with Crippen molar-refractivity contribution in [3.63, 3.8) is 0 Å². The minimum atomic E-state index is 0.0420. The third-order valence-corrected chi connectivity index (χ3v) is 2.67. The molecule has 4 nitrogen and oxygen atoms in total. The molecule has 0 aromatic carbocycles. The van der Waals surface area contributed by atoms with Crippen LogP contribution in [0.5, 0.6) is 0 Å². The number of nitrogens with zero attached hydrogens (tertiary/aromatic N) is 1.